The molecule has 0 fully saturated rings. The van der Waals surface area contributed by atoms with Gasteiger partial charge in [-0.25, -0.2) is 0 Å². The van der Waals surface area contributed by atoms with E-state index in [-0.39, 0.29) is 0 Å². The number of benzene rings is 1. The van der Waals surface area contributed by atoms with Crippen LogP contribution in [0.15, 0.2) is 45.1 Å². The summed E-state index contributed by atoms with van der Waals surface area (Å²) in [5.74, 6) is 0. The second kappa shape index (κ2) is 6.34. The molecule has 0 amide bonds. The zero-order valence-electron chi connectivity index (χ0n) is 11.4. The van der Waals surface area contributed by atoms with E-state index in [9.17, 15) is 0 Å². The molecule has 2 aromatic rings. The number of nitrogens with one attached hydrogen (secondary N) is 2. The minimum absolute atomic E-state index is 0.381. The molecule has 1 aromatic heterocycles. The lowest BCUT2D eigenvalue weighted by atomic mass is 10.2. The lowest BCUT2D eigenvalue weighted by molar-refractivity contribution is 1.12. The van der Waals surface area contributed by atoms with Gasteiger partial charge in [0.2, 0.25) is 0 Å². The Bertz CT molecular complexity index is 684. The van der Waals surface area contributed by atoms with Crippen molar-refractivity contribution in [3.8, 4) is 0 Å². The fourth-order valence-electron chi connectivity index (χ4n) is 1.69. The van der Waals surface area contributed by atoms with E-state index in [4.69, 9.17) is 11.6 Å². The standard InChI is InChI=1S/C14H16ClN5/c1-9(14(15)16-3)10(2)17-8-18-12-4-5-13-11(6-12)7-19-20-13/h4-7,18H,3,8H2,1-2H3,(H,19,20)/b14-9-,17-10-. The van der Waals surface area contributed by atoms with Crippen LogP contribution in [0.3, 0.4) is 0 Å². The maximum Gasteiger partial charge on any atom is 0.132 e. The van der Waals surface area contributed by atoms with E-state index in [0.717, 1.165) is 27.9 Å². The number of hydrogen-bond donors (Lipinski definition) is 2. The van der Waals surface area contributed by atoms with Crippen molar-refractivity contribution >= 4 is 40.6 Å². The molecular formula is C14H16ClN5. The van der Waals surface area contributed by atoms with Crippen molar-refractivity contribution in [1.82, 2.24) is 10.2 Å². The van der Waals surface area contributed by atoms with Crippen molar-refractivity contribution in [2.24, 2.45) is 9.98 Å². The van der Waals surface area contributed by atoms with E-state index >= 15 is 0 Å². The van der Waals surface area contributed by atoms with Crippen LogP contribution in [0.2, 0.25) is 0 Å². The summed E-state index contributed by atoms with van der Waals surface area (Å²) < 4.78 is 0. The fourth-order valence-corrected chi connectivity index (χ4v) is 1.83. The van der Waals surface area contributed by atoms with Crippen LogP contribution in [0.4, 0.5) is 5.69 Å². The maximum atomic E-state index is 5.90. The molecule has 0 radical (unpaired) electrons. The van der Waals surface area contributed by atoms with E-state index in [1.54, 1.807) is 6.20 Å². The molecule has 0 saturated heterocycles. The summed E-state index contributed by atoms with van der Waals surface area (Å²) in [6, 6.07) is 5.97. The van der Waals surface area contributed by atoms with E-state index in [0.29, 0.717) is 11.8 Å². The summed E-state index contributed by atoms with van der Waals surface area (Å²) in [6.45, 7) is 7.62. The smallest absolute Gasteiger partial charge is 0.132 e. The highest BCUT2D eigenvalue weighted by molar-refractivity contribution is 6.32. The molecule has 0 unspecified atom stereocenters. The largest absolute Gasteiger partial charge is 0.366 e. The van der Waals surface area contributed by atoms with Crippen LogP contribution in [0.5, 0.6) is 0 Å². The lowest BCUT2D eigenvalue weighted by Gasteiger charge is -2.05. The average Bonchev–Trinajstić information content (AvgIpc) is 2.93. The Labute approximate surface area is 122 Å². The molecule has 5 nitrogen and oxygen atoms in total. The summed E-state index contributed by atoms with van der Waals surface area (Å²) in [6.07, 6.45) is 1.79. The highest BCUT2D eigenvalue weighted by Gasteiger charge is 2.01. The molecule has 1 heterocycles. The van der Waals surface area contributed by atoms with Crippen molar-refractivity contribution in [3.63, 3.8) is 0 Å². The first-order valence-corrected chi connectivity index (χ1v) is 6.51. The number of allylic oxidation sites excluding steroid dienone is 1. The van der Waals surface area contributed by atoms with Crippen LogP contribution in [0.1, 0.15) is 13.8 Å². The molecule has 2 N–H and O–H groups in total. The van der Waals surface area contributed by atoms with Crippen molar-refractivity contribution in [2.75, 3.05) is 12.0 Å². The minimum Gasteiger partial charge on any atom is -0.366 e. The zero-order valence-corrected chi connectivity index (χ0v) is 12.2. The third kappa shape index (κ3) is 3.24. The highest BCUT2D eigenvalue weighted by Crippen LogP contribution is 2.16. The fraction of sp³-hybridized carbons (Fsp3) is 0.214. The monoisotopic (exact) mass is 289 g/mol. The molecule has 6 heteroatoms. The molecule has 0 aliphatic carbocycles. The van der Waals surface area contributed by atoms with Gasteiger partial charge in [0.15, 0.2) is 0 Å². The van der Waals surface area contributed by atoms with Crippen molar-refractivity contribution in [3.05, 3.63) is 35.1 Å². The Kier molecular flexibility index (Phi) is 4.53. The third-order valence-corrected chi connectivity index (χ3v) is 3.43. The minimum atomic E-state index is 0.381. The summed E-state index contributed by atoms with van der Waals surface area (Å²) in [4.78, 5) is 8.10. The van der Waals surface area contributed by atoms with Gasteiger partial charge in [-0.05, 0) is 38.8 Å². The topological polar surface area (TPSA) is 65.4 Å². The van der Waals surface area contributed by atoms with Gasteiger partial charge in [-0.2, -0.15) is 5.10 Å². The quantitative estimate of drug-likeness (QED) is 0.653. The SMILES string of the molecule is C=N/C(Cl)=C(C)\C(C)=N/CNc1ccc2[nH]ncc2c1. The Hall–Kier alpha value is -2.14. The number of anilines is 1. The van der Waals surface area contributed by atoms with Crippen LogP contribution in [-0.2, 0) is 0 Å². The highest BCUT2D eigenvalue weighted by atomic mass is 35.5. The van der Waals surface area contributed by atoms with E-state index in [1.807, 2.05) is 32.0 Å². The predicted octanol–water partition coefficient (Wildman–Crippen LogP) is 3.56. The normalized spacial score (nSPS) is 13.2. The molecule has 0 saturated carbocycles. The van der Waals surface area contributed by atoms with Crippen molar-refractivity contribution in [1.29, 1.82) is 0 Å². The molecule has 104 valence electrons. The van der Waals surface area contributed by atoms with Crippen LogP contribution < -0.4 is 5.32 Å². The summed E-state index contributed by atoms with van der Waals surface area (Å²) in [5.41, 5.74) is 3.66. The Morgan fingerprint density at radius 3 is 3.00 bits per heavy atom. The summed E-state index contributed by atoms with van der Waals surface area (Å²) in [5, 5.41) is 11.6. The average molecular weight is 290 g/mol. The number of aromatic amines is 1. The molecule has 0 aliphatic heterocycles. The molecule has 2 rings (SSSR count). The summed E-state index contributed by atoms with van der Waals surface area (Å²) in [7, 11) is 0. The van der Waals surface area contributed by atoms with Gasteiger partial charge in [0, 0.05) is 22.4 Å². The molecule has 20 heavy (non-hydrogen) atoms. The first-order chi connectivity index (χ1) is 9.61. The van der Waals surface area contributed by atoms with Crippen molar-refractivity contribution < 1.29 is 0 Å². The molecule has 0 spiro atoms. The number of aliphatic imine (C=N–C) groups is 2. The molecule has 1 aromatic carbocycles. The second-order valence-electron chi connectivity index (χ2n) is 4.32. The number of halogens is 1. The maximum absolute atomic E-state index is 5.90. The Morgan fingerprint density at radius 2 is 2.25 bits per heavy atom. The second-order valence-corrected chi connectivity index (χ2v) is 4.68. The number of rotatable bonds is 5. The molecule has 0 bridgehead atoms. The zero-order chi connectivity index (χ0) is 14.5. The Morgan fingerprint density at radius 1 is 1.45 bits per heavy atom. The van der Waals surface area contributed by atoms with Gasteiger partial charge in [0.05, 0.1) is 11.7 Å². The number of hydrogen-bond acceptors (Lipinski definition) is 4. The van der Waals surface area contributed by atoms with Gasteiger partial charge < -0.3 is 5.32 Å². The number of fused-ring (bicyclic) bond motifs is 1. The van der Waals surface area contributed by atoms with Gasteiger partial charge in [0.1, 0.15) is 11.8 Å². The lowest BCUT2D eigenvalue weighted by Crippen LogP contribution is -2.03. The van der Waals surface area contributed by atoms with E-state index in [1.165, 1.54) is 0 Å². The van der Waals surface area contributed by atoms with Crippen LogP contribution in [0, 0.1) is 0 Å². The molecule has 0 aliphatic rings. The first kappa shape index (κ1) is 14.3. The predicted molar refractivity (Wildman–Crippen MR) is 85.8 cm³/mol. The van der Waals surface area contributed by atoms with Crippen molar-refractivity contribution in [2.45, 2.75) is 13.8 Å². The van der Waals surface area contributed by atoms with Crippen LogP contribution in [-0.4, -0.2) is 29.3 Å². The van der Waals surface area contributed by atoms with Gasteiger partial charge in [-0.1, -0.05) is 11.6 Å². The third-order valence-electron chi connectivity index (χ3n) is 3.03. The van der Waals surface area contributed by atoms with Gasteiger partial charge in [-0.3, -0.25) is 15.1 Å². The first-order valence-electron chi connectivity index (χ1n) is 6.13. The van der Waals surface area contributed by atoms with E-state index < -0.39 is 0 Å². The number of H-pyrrole nitrogens is 1. The summed E-state index contributed by atoms with van der Waals surface area (Å²) >= 11 is 5.90. The Balaban J connectivity index is 2.03. The van der Waals surface area contributed by atoms with Crippen LogP contribution in [0.25, 0.3) is 10.9 Å². The van der Waals surface area contributed by atoms with E-state index in [2.05, 4.69) is 32.2 Å². The van der Waals surface area contributed by atoms with Gasteiger partial charge in [-0.15, -0.1) is 0 Å². The molecule has 0 atom stereocenters. The molecular weight excluding hydrogens is 274 g/mol. The number of nitrogens with zero attached hydrogens (tertiary/aromatic N) is 3. The van der Waals surface area contributed by atoms with Crippen LogP contribution >= 0.6 is 11.6 Å². The van der Waals surface area contributed by atoms with Gasteiger partial charge in [0.25, 0.3) is 0 Å². The van der Waals surface area contributed by atoms with Gasteiger partial charge >= 0.3 is 0 Å². The number of aromatic nitrogens is 2.